The summed E-state index contributed by atoms with van der Waals surface area (Å²) in [7, 11) is 1.52. The Kier molecular flexibility index (Phi) is 7.40. The van der Waals surface area contributed by atoms with Crippen molar-refractivity contribution in [3.05, 3.63) is 86.8 Å². The van der Waals surface area contributed by atoms with Crippen molar-refractivity contribution < 1.29 is 19.8 Å². The first-order chi connectivity index (χ1) is 15.7. The molecule has 2 aromatic carbocycles. The fourth-order valence-electron chi connectivity index (χ4n) is 3.39. The van der Waals surface area contributed by atoms with Gasteiger partial charge in [0.25, 0.3) is 5.56 Å². The Morgan fingerprint density at radius 2 is 1.79 bits per heavy atom. The summed E-state index contributed by atoms with van der Waals surface area (Å²) in [6, 6.07) is 13.7. The third-order valence-electron chi connectivity index (χ3n) is 5.10. The Balaban J connectivity index is 2.00. The smallest absolute Gasteiger partial charge is 0.326 e. The average molecular weight is 470 g/mol. The second kappa shape index (κ2) is 10.2. The van der Waals surface area contributed by atoms with E-state index in [1.54, 1.807) is 31.2 Å². The molecule has 3 rings (SSSR count). The number of carboxylic acid groups (broad SMARTS) is 1. The summed E-state index contributed by atoms with van der Waals surface area (Å²) >= 11 is 6.24. The number of urea groups is 1. The normalized spacial score (nSPS) is 10.6. The van der Waals surface area contributed by atoms with E-state index >= 15 is 0 Å². The molecule has 0 fully saturated rings. The molecule has 0 unspecified atom stereocenters. The number of hydrogen-bond donors (Lipinski definition) is 3. The minimum atomic E-state index is -1.07. The number of nitrogens with one attached hydrogen (secondary N) is 1. The molecule has 172 valence electrons. The van der Waals surface area contributed by atoms with E-state index < -0.39 is 17.6 Å². The lowest BCUT2D eigenvalue weighted by molar-refractivity contribution is -0.136. The van der Waals surface area contributed by atoms with Crippen LogP contribution < -0.4 is 15.8 Å². The number of aliphatic carboxylic acids is 1. The molecule has 0 spiro atoms. The molecule has 1 aromatic heterocycles. The number of benzene rings is 2. The molecule has 2 amide bonds. The summed E-state index contributed by atoms with van der Waals surface area (Å²) in [5.74, 6) is -1.40. The maximum atomic E-state index is 13.0. The maximum absolute atomic E-state index is 13.0. The van der Waals surface area contributed by atoms with Crippen molar-refractivity contribution in [1.82, 2.24) is 9.88 Å². The molecule has 33 heavy (non-hydrogen) atoms. The fraction of sp³-hybridized carbons (Fsp3) is 0.208. The van der Waals surface area contributed by atoms with Gasteiger partial charge in [-0.15, -0.1) is 0 Å². The molecular formula is C24H24ClN3O5. The average Bonchev–Trinajstić information content (AvgIpc) is 2.77. The Morgan fingerprint density at radius 1 is 1.12 bits per heavy atom. The van der Waals surface area contributed by atoms with Crippen LogP contribution in [-0.2, 0) is 18.3 Å². The van der Waals surface area contributed by atoms with Gasteiger partial charge in [0, 0.05) is 30.4 Å². The number of pyridine rings is 1. The van der Waals surface area contributed by atoms with Gasteiger partial charge in [0.05, 0.1) is 12.1 Å². The van der Waals surface area contributed by atoms with Crippen LogP contribution in [0.15, 0.2) is 59.5 Å². The first-order valence-corrected chi connectivity index (χ1v) is 10.6. The molecule has 0 aliphatic heterocycles. The summed E-state index contributed by atoms with van der Waals surface area (Å²) in [5, 5.41) is 22.6. The van der Waals surface area contributed by atoms with Crippen molar-refractivity contribution in [3.63, 3.8) is 0 Å². The van der Waals surface area contributed by atoms with E-state index in [0.29, 0.717) is 22.7 Å². The van der Waals surface area contributed by atoms with Gasteiger partial charge >= 0.3 is 12.0 Å². The quantitative estimate of drug-likeness (QED) is 0.484. The van der Waals surface area contributed by atoms with E-state index in [-0.39, 0.29) is 24.4 Å². The zero-order valence-electron chi connectivity index (χ0n) is 18.2. The highest BCUT2D eigenvalue weighted by Crippen LogP contribution is 2.33. The monoisotopic (exact) mass is 469 g/mol. The summed E-state index contributed by atoms with van der Waals surface area (Å²) in [6.07, 6.45) is 1.75. The number of carbonyl (C=O) groups excluding carboxylic acids is 1. The molecular weight excluding hydrogens is 446 g/mol. The Hall–Kier alpha value is -3.78. The summed E-state index contributed by atoms with van der Waals surface area (Å²) in [6.45, 7) is 1.48. The number of aromatic nitrogens is 1. The molecule has 0 bridgehead atoms. The SMILES string of the molecule is Cc1cn(C)c(=O)c(N(C(=O)NCCC(=O)O)c2ccc(Cc3ccccc3Cl)cc2)c1O. The summed E-state index contributed by atoms with van der Waals surface area (Å²) < 4.78 is 1.27. The first kappa shape index (κ1) is 23.9. The molecule has 0 aliphatic carbocycles. The van der Waals surface area contributed by atoms with Gasteiger partial charge in [-0.3, -0.25) is 14.5 Å². The highest BCUT2D eigenvalue weighted by atomic mass is 35.5. The van der Waals surface area contributed by atoms with Crippen LogP contribution in [-0.4, -0.2) is 33.3 Å². The standard InChI is InChI=1S/C24H24ClN3O5/c1-15-14-27(2)23(32)21(22(15)31)28(24(33)26-12-11-20(29)30)18-9-7-16(8-10-18)13-17-5-3-4-6-19(17)25/h3-10,14,31H,11-13H2,1-2H3,(H,26,33)(H,29,30). The third kappa shape index (κ3) is 5.53. The maximum Gasteiger partial charge on any atom is 0.326 e. The van der Waals surface area contributed by atoms with Crippen LogP contribution in [0.5, 0.6) is 5.75 Å². The Bertz CT molecular complexity index is 1240. The minimum Gasteiger partial charge on any atom is -0.505 e. The van der Waals surface area contributed by atoms with E-state index in [2.05, 4.69) is 5.32 Å². The van der Waals surface area contributed by atoms with Crippen LogP contribution in [0.4, 0.5) is 16.2 Å². The van der Waals surface area contributed by atoms with Crippen LogP contribution in [0.25, 0.3) is 0 Å². The lowest BCUT2D eigenvalue weighted by Crippen LogP contribution is -2.41. The van der Waals surface area contributed by atoms with Crippen molar-refractivity contribution in [2.75, 3.05) is 11.4 Å². The molecule has 8 nitrogen and oxygen atoms in total. The fourth-order valence-corrected chi connectivity index (χ4v) is 3.60. The van der Waals surface area contributed by atoms with E-state index in [0.717, 1.165) is 16.0 Å². The van der Waals surface area contributed by atoms with Crippen LogP contribution in [0.1, 0.15) is 23.1 Å². The van der Waals surface area contributed by atoms with Gasteiger partial charge in [-0.1, -0.05) is 41.9 Å². The van der Waals surface area contributed by atoms with Crippen molar-refractivity contribution in [2.45, 2.75) is 19.8 Å². The predicted molar refractivity (Wildman–Crippen MR) is 127 cm³/mol. The number of amides is 2. The molecule has 3 aromatic rings. The number of aromatic hydroxyl groups is 1. The second-order valence-electron chi connectivity index (χ2n) is 7.57. The highest BCUT2D eigenvalue weighted by molar-refractivity contribution is 6.31. The number of anilines is 2. The number of carboxylic acids is 1. The molecule has 0 saturated heterocycles. The second-order valence-corrected chi connectivity index (χ2v) is 7.98. The van der Waals surface area contributed by atoms with Gasteiger partial charge in [0.15, 0.2) is 5.69 Å². The van der Waals surface area contributed by atoms with Gasteiger partial charge in [-0.05, 0) is 42.7 Å². The zero-order chi connectivity index (χ0) is 24.1. The van der Waals surface area contributed by atoms with Crippen molar-refractivity contribution in [3.8, 4) is 5.75 Å². The number of hydrogen-bond acceptors (Lipinski definition) is 4. The number of aryl methyl sites for hydroxylation is 2. The third-order valence-corrected chi connectivity index (χ3v) is 5.47. The van der Waals surface area contributed by atoms with E-state index in [4.69, 9.17) is 16.7 Å². The summed E-state index contributed by atoms with van der Waals surface area (Å²) in [5.41, 5.74) is 1.82. The summed E-state index contributed by atoms with van der Waals surface area (Å²) in [4.78, 5) is 37.8. The molecule has 0 aliphatic rings. The van der Waals surface area contributed by atoms with E-state index in [9.17, 15) is 19.5 Å². The van der Waals surface area contributed by atoms with Crippen molar-refractivity contribution in [2.24, 2.45) is 7.05 Å². The molecule has 9 heteroatoms. The zero-order valence-corrected chi connectivity index (χ0v) is 19.0. The van der Waals surface area contributed by atoms with Crippen molar-refractivity contribution in [1.29, 1.82) is 0 Å². The first-order valence-electron chi connectivity index (χ1n) is 10.2. The lowest BCUT2D eigenvalue weighted by Gasteiger charge is -2.24. The largest absolute Gasteiger partial charge is 0.505 e. The number of rotatable bonds is 7. The highest BCUT2D eigenvalue weighted by Gasteiger charge is 2.26. The topological polar surface area (TPSA) is 112 Å². The lowest BCUT2D eigenvalue weighted by atomic mass is 10.0. The van der Waals surface area contributed by atoms with E-state index in [1.807, 2.05) is 24.3 Å². The van der Waals surface area contributed by atoms with Crippen molar-refractivity contribution >= 4 is 35.0 Å². The molecule has 1 heterocycles. The van der Waals surface area contributed by atoms with Crippen LogP contribution in [0, 0.1) is 6.92 Å². The predicted octanol–water partition coefficient (Wildman–Crippen LogP) is 3.97. The number of nitrogens with zero attached hydrogens (tertiary/aromatic N) is 2. The Labute approximate surface area is 195 Å². The van der Waals surface area contributed by atoms with Crippen LogP contribution in [0.3, 0.4) is 0 Å². The number of carbonyl (C=O) groups is 2. The van der Waals surface area contributed by atoms with Gasteiger partial charge in [-0.25, -0.2) is 4.79 Å². The van der Waals surface area contributed by atoms with E-state index in [1.165, 1.54) is 17.8 Å². The van der Waals surface area contributed by atoms with Crippen LogP contribution >= 0.6 is 11.6 Å². The molecule has 0 atom stereocenters. The number of halogens is 1. The molecule has 0 radical (unpaired) electrons. The molecule has 0 saturated carbocycles. The van der Waals surface area contributed by atoms with Crippen LogP contribution in [0.2, 0.25) is 5.02 Å². The minimum absolute atomic E-state index is 0.137. The van der Waals surface area contributed by atoms with Gasteiger partial charge < -0.3 is 20.1 Å². The molecule has 3 N–H and O–H groups in total. The Morgan fingerprint density at radius 3 is 2.42 bits per heavy atom. The van der Waals surface area contributed by atoms with Gasteiger partial charge in [0.1, 0.15) is 5.75 Å². The van der Waals surface area contributed by atoms with Gasteiger partial charge in [0.2, 0.25) is 0 Å². The van der Waals surface area contributed by atoms with Gasteiger partial charge in [-0.2, -0.15) is 0 Å².